The summed E-state index contributed by atoms with van der Waals surface area (Å²) in [5.74, 6) is 0.0155. The molecule has 0 spiro atoms. The third-order valence-electron chi connectivity index (χ3n) is 5.09. The molecule has 6 heteroatoms. The third-order valence-corrected chi connectivity index (χ3v) is 5.09. The normalized spacial score (nSPS) is 22.9. The first-order valence-corrected chi connectivity index (χ1v) is 8.50. The fraction of sp³-hybridized carbons (Fsp3) is 0.556. The molecule has 3 rings (SSSR count). The molecule has 1 atom stereocenters. The number of carboxylic acid groups (broad SMARTS) is 1. The number of nitrogens with zero attached hydrogens (tertiary/aromatic N) is 2. The second-order valence-corrected chi connectivity index (χ2v) is 7.01. The number of piperazine rings is 1. The molecule has 1 saturated carbocycles. The van der Waals surface area contributed by atoms with Gasteiger partial charge >= 0.3 is 6.09 Å². The van der Waals surface area contributed by atoms with Crippen LogP contribution in [-0.2, 0) is 16.9 Å². The van der Waals surface area contributed by atoms with Crippen molar-refractivity contribution in [3.63, 3.8) is 0 Å². The Kier molecular flexibility index (Phi) is 4.49. The van der Waals surface area contributed by atoms with Gasteiger partial charge < -0.3 is 15.3 Å². The topological polar surface area (TPSA) is 72.9 Å². The molecule has 2 aliphatic rings. The average Bonchev–Trinajstić information content (AvgIpc) is 3.29. The van der Waals surface area contributed by atoms with E-state index in [9.17, 15) is 9.59 Å². The SMILES string of the molecule is CC(=O)NC1(c2ccc(CN3CCN(C(=O)O)C[C@H]3C)cc2)CC1. The summed E-state index contributed by atoms with van der Waals surface area (Å²) >= 11 is 0. The van der Waals surface area contributed by atoms with Crippen LogP contribution in [0.5, 0.6) is 0 Å². The monoisotopic (exact) mass is 331 g/mol. The van der Waals surface area contributed by atoms with Crippen LogP contribution in [0.3, 0.4) is 0 Å². The number of hydrogen-bond donors (Lipinski definition) is 2. The molecule has 1 aliphatic heterocycles. The van der Waals surface area contributed by atoms with Gasteiger partial charge in [-0.15, -0.1) is 0 Å². The Labute approximate surface area is 142 Å². The summed E-state index contributed by atoms with van der Waals surface area (Å²) in [4.78, 5) is 26.2. The van der Waals surface area contributed by atoms with E-state index in [0.717, 1.165) is 25.9 Å². The van der Waals surface area contributed by atoms with E-state index in [1.54, 1.807) is 6.92 Å². The van der Waals surface area contributed by atoms with Crippen LogP contribution >= 0.6 is 0 Å². The summed E-state index contributed by atoms with van der Waals surface area (Å²) in [7, 11) is 0. The lowest BCUT2D eigenvalue weighted by Gasteiger charge is -2.38. The maximum absolute atomic E-state index is 11.3. The van der Waals surface area contributed by atoms with E-state index in [-0.39, 0.29) is 17.5 Å². The van der Waals surface area contributed by atoms with Gasteiger partial charge in [0.1, 0.15) is 0 Å². The zero-order valence-corrected chi connectivity index (χ0v) is 14.3. The Morgan fingerprint density at radius 1 is 1.25 bits per heavy atom. The fourth-order valence-corrected chi connectivity index (χ4v) is 3.52. The second kappa shape index (κ2) is 6.43. The van der Waals surface area contributed by atoms with Crippen LogP contribution in [0, 0.1) is 0 Å². The van der Waals surface area contributed by atoms with E-state index in [1.807, 2.05) is 0 Å². The second-order valence-electron chi connectivity index (χ2n) is 7.01. The Morgan fingerprint density at radius 2 is 1.92 bits per heavy atom. The Hall–Kier alpha value is -2.08. The summed E-state index contributed by atoms with van der Waals surface area (Å²) in [6, 6.07) is 8.66. The highest BCUT2D eigenvalue weighted by Crippen LogP contribution is 2.45. The molecule has 24 heavy (non-hydrogen) atoms. The molecule has 130 valence electrons. The molecule has 0 unspecified atom stereocenters. The van der Waals surface area contributed by atoms with Crippen molar-refractivity contribution < 1.29 is 14.7 Å². The van der Waals surface area contributed by atoms with Crippen molar-refractivity contribution in [1.29, 1.82) is 0 Å². The van der Waals surface area contributed by atoms with Crippen LogP contribution in [0.4, 0.5) is 4.79 Å². The van der Waals surface area contributed by atoms with Gasteiger partial charge in [-0.05, 0) is 30.9 Å². The molecule has 1 heterocycles. The summed E-state index contributed by atoms with van der Waals surface area (Å²) in [5, 5.41) is 12.1. The summed E-state index contributed by atoms with van der Waals surface area (Å²) < 4.78 is 0. The van der Waals surface area contributed by atoms with Gasteiger partial charge in [0.25, 0.3) is 0 Å². The Balaban J connectivity index is 1.61. The van der Waals surface area contributed by atoms with Crippen molar-refractivity contribution in [3.8, 4) is 0 Å². The number of nitrogens with one attached hydrogen (secondary N) is 1. The maximum atomic E-state index is 11.3. The van der Waals surface area contributed by atoms with Crippen LogP contribution in [0.15, 0.2) is 24.3 Å². The van der Waals surface area contributed by atoms with Gasteiger partial charge in [0.05, 0.1) is 5.54 Å². The first-order chi connectivity index (χ1) is 11.4. The molecule has 0 aromatic heterocycles. The highest BCUT2D eigenvalue weighted by molar-refractivity contribution is 5.74. The molecule has 1 saturated heterocycles. The van der Waals surface area contributed by atoms with E-state index in [1.165, 1.54) is 16.0 Å². The molecular formula is C18H25N3O3. The van der Waals surface area contributed by atoms with Crippen LogP contribution < -0.4 is 5.32 Å². The smallest absolute Gasteiger partial charge is 0.407 e. The summed E-state index contributed by atoms with van der Waals surface area (Å²) in [6.07, 6.45) is 1.17. The predicted octanol–water partition coefficient (Wildman–Crippen LogP) is 2.00. The van der Waals surface area contributed by atoms with Gasteiger partial charge in [-0.25, -0.2) is 4.79 Å². The van der Waals surface area contributed by atoms with Crippen molar-refractivity contribution in [1.82, 2.24) is 15.1 Å². The molecule has 1 aromatic carbocycles. The van der Waals surface area contributed by atoms with E-state index < -0.39 is 6.09 Å². The summed E-state index contributed by atoms with van der Waals surface area (Å²) in [6.45, 7) is 6.32. The van der Waals surface area contributed by atoms with Crippen LogP contribution in [-0.4, -0.2) is 52.6 Å². The quantitative estimate of drug-likeness (QED) is 0.885. The number of hydrogen-bond acceptors (Lipinski definition) is 3. The van der Waals surface area contributed by atoms with Crippen LogP contribution in [0.25, 0.3) is 0 Å². The number of carbonyl (C=O) groups is 2. The predicted molar refractivity (Wildman–Crippen MR) is 90.6 cm³/mol. The van der Waals surface area contributed by atoms with Crippen LogP contribution in [0.2, 0.25) is 0 Å². The number of benzene rings is 1. The van der Waals surface area contributed by atoms with Crippen molar-refractivity contribution in [2.45, 2.75) is 44.8 Å². The largest absolute Gasteiger partial charge is 0.465 e. The van der Waals surface area contributed by atoms with Gasteiger partial charge in [-0.2, -0.15) is 0 Å². The first-order valence-electron chi connectivity index (χ1n) is 8.50. The van der Waals surface area contributed by atoms with E-state index >= 15 is 0 Å². The molecule has 1 aromatic rings. The zero-order chi connectivity index (χ0) is 17.3. The molecule has 2 N–H and O–H groups in total. The minimum absolute atomic E-state index is 0.0155. The lowest BCUT2D eigenvalue weighted by Crippen LogP contribution is -2.52. The molecule has 6 nitrogen and oxygen atoms in total. The highest BCUT2D eigenvalue weighted by Gasteiger charge is 2.44. The van der Waals surface area contributed by atoms with Crippen molar-refractivity contribution in [2.75, 3.05) is 19.6 Å². The molecule has 0 radical (unpaired) electrons. The minimum atomic E-state index is -0.835. The van der Waals surface area contributed by atoms with E-state index in [4.69, 9.17) is 5.11 Å². The van der Waals surface area contributed by atoms with Crippen molar-refractivity contribution in [2.24, 2.45) is 0 Å². The van der Waals surface area contributed by atoms with E-state index in [2.05, 4.69) is 41.4 Å². The van der Waals surface area contributed by atoms with Gasteiger partial charge in [-0.1, -0.05) is 24.3 Å². The van der Waals surface area contributed by atoms with Gasteiger partial charge in [0, 0.05) is 39.1 Å². The standard InChI is InChI=1S/C18H25N3O3/c1-13-11-21(17(23)24)10-9-20(13)12-15-3-5-16(6-4-15)18(7-8-18)19-14(2)22/h3-6,13H,7-12H2,1-2H3,(H,19,22)(H,23,24)/t13-/m1/s1. The van der Waals surface area contributed by atoms with Gasteiger partial charge in [-0.3, -0.25) is 9.69 Å². The lowest BCUT2D eigenvalue weighted by atomic mass is 10.0. The average molecular weight is 331 g/mol. The maximum Gasteiger partial charge on any atom is 0.407 e. The fourth-order valence-electron chi connectivity index (χ4n) is 3.52. The third kappa shape index (κ3) is 3.53. The number of carbonyl (C=O) groups excluding carboxylic acids is 1. The van der Waals surface area contributed by atoms with Crippen LogP contribution in [0.1, 0.15) is 37.8 Å². The highest BCUT2D eigenvalue weighted by atomic mass is 16.4. The van der Waals surface area contributed by atoms with Crippen molar-refractivity contribution >= 4 is 12.0 Å². The van der Waals surface area contributed by atoms with E-state index in [0.29, 0.717) is 13.1 Å². The van der Waals surface area contributed by atoms with Crippen molar-refractivity contribution in [3.05, 3.63) is 35.4 Å². The molecule has 2 fully saturated rings. The Morgan fingerprint density at radius 3 is 2.42 bits per heavy atom. The number of amides is 2. The molecule has 1 aliphatic carbocycles. The first kappa shape index (κ1) is 16.8. The molecule has 2 amide bonds. The zero-order valence-electron chi connectivity index (χ0n) is 14.3. The summed E-state index contributed by atoms with van der Waals surface area (Å²) in [5.41, 5.74) is 2.24. The molecule has 0 bridgehead atoms. The lowest BCUT2D eigenvalue weighted by molar-refractivity contribution is -0.120. The van der Waals surface area contributed by atoms with Gasteiger partial charge in [0.15, 0.2) is 0 Å². The number of rotatable bonds is 4. The molecular weight excluding hydrogens is 306 g/mol. The van der Waals surface area contributed by atoms with Gasteiger partial charge in [0.2, 0.25) is 5.91 Å². The Bertz CT molecular complexity index is 625. The minimum Gasteiger partial charge on any atom is -0.465 e.